The minimum absolute atomic E-state index is 0.150. The predicted octanol–water partition coefficient (Wildman–Crippen LogP) is 1.94. The number of unbranched alkanes of at least 4 members (excludes halogenated alkanes) is 1. The van der Waals surface area contributed by atoms with E-state index in [1.807, 2.05) is 0 Å². The first-order valence-corrected chi connectivity index (χ1v) is 8.53. The van der Waals surface area contributed by atoms with E-state index in [1.54, 1.807) is 0 Å². The van der Waals surface area contributed by atoms with Crippen molar-refractivity contribution in [2.45, 2.75) is 47.0 Å². The van der Waals surface area contributed by atoms with Crippen molar-refractivity contribution in [3.8, 4) is 0 Å². The van der Waals surface area contributed by atoms with E-state index in [4.69, 9.17) is 5.73 Å². The number of hydrogen-bond acceptors (Lipinski definition) is 3. The summed E-state index contributed by atoms with van der Waals surface area (Å²) < 4.78 is 0. The molecule has 2 fully saturated rings. The molecule has 2 N–H and O–H groups in total. The Balaban J connectivity index is 1.85. The highest BCUT2D eigenvalue weighted by atomic mass is 16.2. The van der Waals surface area contributed by atoms with Crippen LogP contribution in [0.1, 0.15) is 47.0 Å². The number of hydrogen-bond donors (Lipinski definition) is 1. The van der Waals surface area contributed by atoms with Crippen molar-refractivity contribution in [3.63, 3.8) is 0 Å². The first kappa shape index (κ1) is 16.8. The highest BCUT2D eigenvalue weighted by molar-refractivity contribution is 5.84. The van der Waals surface area contributed by atoms with Crippen molar-refractivity contribution in [1.82, 2.24) is 9.80 Å². The van der Waals surface area contributed by atoms with Crippen LogP contribution >= 0.6 is 0 Å². The average molecular weight is 295 g/mol. The van der Waals surface area contributed by atoms with Gasteiger partial charge in [0.1, 0.15) is 0 Å². The van der Waals surface area contributed by atoms with Crippen LogP contribution in [0, 0.1) is 16.7 Å². The Morgan fingerprint density at radius 3 is 2.29 bits per heavy atom. The maximum Gasteiger partial charge on any atom is 0.226 e. The van der Waals surface area contributed by atoms with Crippen molar-refractivity contribution in [3.05, 3.63) is 0 Å². The third kappa shape index (κ3) is 3.26. The maximum absolute atomic E-state index is 12.8. The van der Waals surface area contributed by atoms with Gasteiger partial charge in [0.05, 0.1) is 0 Å². The molecule has 4 nitrogen and oxygen atoms in total. The van der Waals surface area contributed by atoms with Crippen molar-refractivity contribution >= 4 is 5.91 Å². The summed E-state index contributed by atoms with van der Waals surface area (Å²) in [5.41, 5.74) is 5.86. The Kier molecular flexibility index (Phi) is 4.99. The van der Waals surface area contributed by atoms with Gasteiger partial charge in [-0.1, -0.05) is 27.7 Å². The van der Waals surface area contributed by atoms with Gasteiger partial charge >= 0.3 is 0 Å². The summed E-state index contributed by atoms with van der Waals surface area (Å²) >= 11 is 0. The number of carbonyl (C=O) groups is 1. The average Bonchev–Trinajstić information content (AvgIpc) is 2.93. The zero-order valence-corrected chi connectivity index (χ0v) is 14.3. The zero-order chi connectivity index (χ0) is 15.7. The van der Waals surface area contributed by atoms with E-state index in [9.17, 15) is 4.79 Å². The number of rotatable bonds is 5. The van der Waals surface area contributed by atoms with Crippen LogP contribution in [0.4, 0.5) is 0 Å². The summed E-state index contributed by atoms with van der Waals surface area (Å²) in [6.07, 6.45) is 3.37. The summed E-state index contributed by atoms with van der Waals surface area (Å²) in [6.45, 7) is 14.8. The van der Waals surface area contributed by atoms with E-state index in [0.29, 0.717) is 5.91 Å². The largest absolute Gasteiger partial charge is 0.341 e. The first-order chi connectivity index (χ1) is 9.82. The molecular weight excluding hydrogens is 262 g/mol. The molecule has 1 saturated carbocycles. The van der Waals surface area contributed by atoms with Crippen molar-refractivity contribution in [1.29, 1.82) is 0 Å². The lowest BCUT2D eigenvalue weighted by Gasteiger charge is -2.23. The van der Waals surface area contributed by atoms with Crippen LogP contribution in [-0.2, 0) is 4.79 Å². The molecule has 0 spiro atoms. The number of nitrogens with two attached hydrogens (primary N) is 1. The van der Waals surface area contributed by atoms with Crippen molar-refractivity contribution in [2.75, 3.05) is 39.3 Å². The lowest BCUT2D eigenvalue weighted by molar-refractivity contribution is -0.133. The fraction of sp³-hybridized carbons (Fsp3) is 0.941. The van der Waals surface area contributed by atoms with Crippen molar-refractivity contribution < 1.29 is 4.79 Å². The fourth-order valence-corrected chi connectivity index (χ4v) is 3.89. The molecule has 1 aliphatic heterocycles. The van der Waals surface area contributed by atoms with Crippen LogP contribution < -0.4 is 5.73 Å². The van der Waals surface area contributed by atoms with Crippen LogP contribution in [0.2, 0.25) is 0 Å². The van der Waals surface area contributed by atoms with Gasteiger partial charge in [-0.3, -0.25) is 4.79 Å². The third-order valence-electron chi connectivity index (χ3n) is 6.10. The molecule has 1 amide bonds. The molecule has 0 bridgehead atoms. The van der Waals surface area contributed by atoms with Gasteiger partial charge in [0.25, 0.3) is 0 Å². The molecule has 0 unspecified atom stereocenters. The number of amides is 1. The second-order valence-electron chi connectivity index (χ2n) is 7.89. The summed E-state index contributed by atoms with van der Waals surface area (Å²) in [4.78, 5) is 17.4. The number of nitrogens with zero attached hydrogens (tertiary/aromatic N) is 2. The highest BCUT2D eigenvalue weighted by Gasteiger charge is 2.68. The second-order valence-corrected chi connectivity index (χ2v) is 7.89. The van der Waals surface area contributed by atoms with Gasteiger partial charge in [-0.15, -0.1) is 0 Å². The molecule has 0 atom stereocenters. The summed E-state index contributed by atoms with van der Waals surface area (Å²) in [7, 11) is 0. The SMILES string of the molecule is CC1(C)C(C(=O)N2CCCN(CCCCN)CC2)C1(C)C. The lowest BCUT2D eigenvalue weighted by Crippen LogP contribution is -2.37. The molecule has 2 aliphatic rings. The smallest absolute Gasteiger partial charge is 0.226 e. The molecule has 1 saturated heterocycles. The van der Waals surface area contributed by atoms with Gasteiger partial charge in [0.2, 0.25) is 5.91 Å². The Morgan fingerprint density at radius 1 is 1.05 bits per heavy atom. The molecule has 1 aliphatic carbocycles. The molecule has 0 aromatic carbocycles. The molecule has 0 aromatic heterocycles. The molecule has 122 valence electrons. The van der Waals surface area contributed by atoms with E-state index in [1.165, 1.54) is 6.42 Å². The Bertz CT molecular complexity index is 364. The fourth-order valence-electron chi connectivity index (χ4n) is 3.89. The van der Waals surface area contributed by atoms with Crippen LogP contribution in [-0.4, -0.2) is 55.0 Å². The third-order valence-corrected chi connectivity index (χ3v) is 6.10. The van der Waals surface area contributed by atoms with Gasteiger partial charge in [-0.05, 0) is 49.7 Å². The van der Waals surface area contributed by atoms with Crippen LogP contribution in [0.3, 0.4) is 0 Å². The normalized spacial score (nSPS) is 25.7. The lowest BCUT2D eigenvalue weighted by atomic mass is 10.0. The van der Waals surface area contributed by atoms with E-state index < -0.39 is 0 Å². The molecular formula is C17H33N3O. The van der Waals surface area contributed by atoms with Gasteiger partial charge in [0.15, 0.2) is 0 Å². The van der Waals surface area contributed by atoms with Gasteiger partial charge in [-0.25, -0.2) is 0 Å². The summed E-state index contributed by atoms with van der Waals surface area (Å²) in [6, 6.07) is 0. The maximum atomic E-state index is 12.8. The molecule has 2 rings (SSSR count). The van der Waals surface area contributed by atoms with Crippen LogP contribution in [0.5, 0.6) is 0 Å². The standard InChI is InChI=1S/C17H33N3O/c1-16(2)14(17(16,3)4)15(21)20-11-7-10-19(12-13-20)9-6-5-8-18/h14H,5-13,18H2,1-4H3. The quantitative estimate of drug-likeness (QED) is 0.789. The Morgan fingerprint density at radius 2 is 1.71 bits per heavy atom. The van der Waals surface area contributed by atoms with Crippen LogP contribution in [0.25, 0.3) is 0 Å². The molecule has 21 heavy (non-hydrogen) atoms. The monoisotopic (exact) mass is 295 g/mol. The van der Waals surface area contributed by atoms with E-state index in [2.05, 4.69) is 37.5 Å². The van der Waals surface area contributed by atoms with E-state index >= 15 is 0 Å². The highest BCUT2D eigenvalue weighted by Crippen LogP contribution is 2.68. The minimum Gasteiger partial charge on any atom is -0.341 e. The van der Waals surface area contributed by atoms with Gasteiger partial charge in [0, 0.05) is 25.6 Å². The van der Waals surface area contributed by atoms with Gasteiger partial charge < -0.3 is 15.5 Å². The topological polar surface area (TPSA) is 49.6 Å². The van der Waals surface area contributed by atoms with Crippen LogP contribution in [0.15, 0.2) is 0 Å². The van der Waals surface area contributed by atoms with Crippen molar-refractivity contribution in [2.24, 2.45) is 22.5 Å². The van der Waals surface area contributed by atoms with E-state index in [0.717, 1.165) is 52.1 Å². The van der Waals surface area contributed by atoms with Gasteiger partial charge in [-0.2, -0.15) is 0 Å². The summed E-state index contributed by atoms with van der Waals surface area (Å²) in [5, 5.41) is 0. The minimum atomic E-state index is 0.150. The Hall–Kier alpha value is -0.610. The molecule has 0 aromatic rings. The Labute approximate surface area is 130 Å². The molecule has 4 heteroatoms. The second kappa shape index (κ2) is 6.25. The van der Waals surface area contributed by atoms with E-state index in [-0.39, 0.29) is 16.7 Å². The predicted molar refractivity (Wildman–Crippen MR) is 87.0 cm³/mol. The zero-order valence-electron chi connectivity index (χ0n) is 14.3. The summed E-state index contributed by atoms with van der Waals surface area (Å²) in [5.74, 6) is 0.586. The first-order valence-electron chi connectivity index (χ1n) is 8.53. The molecule has 1 heterocycles. The number of carbonyl (C=O) groups excluding carboxylic acids is 1. The molecule has 0 radical (unpaired) electrons.